The number of fused-ring (bicyclic) bond motifs is 1. The van der Waals surface area contributed by atoms with Crippen LogP contribution in [0, 0.1) is 5.92 Å². The highest BCUT2D eigenvalue weighted by Crippen LogP contribution is 2.40. The molecule has 1 spiro atoms. The quantitative estimate of drug-likeness (QED) is 0.774. The summed E-state index contributed by atoms with van der Waals surface area (Å²) in [6, 6.07) is 15.5. The summed E-state index contributed by atoms with van der Waals surface area (Å²) in [5.74, 6) is 0.924. The van der Waals surface area contributed by atoms with Crippen molar-refractivity contribution in [2.75, 3.05) is 26.3 Å². The van der Waals surface area contributed by atoms with Crippen molar-refractivity contribution in [1.29, 1.82) is 0 Å². The molecule has 0 radical (unpaired) electrons. The van der Waals surface area contributed by atoms with Crippen molar-refractivity contribution in [3.05, 3.63) is 60.4 Å². The summed E-state index contributed by atoms with van der Waals surface area (Å²) in [6.45, 7) is 2.49. The zero-order chi connectivity index (χ0) is 18.3. The number of hydrogen-bond acceptors (Lipinski definition) is 4. The molecule has 3 aromatic rings. The largest absolute Gasteiger partial charge is 0.477 e. The van der Waals surface area contributed by atoms with Gasteiger partial charge in [-0.1, -0.05) is 24.3 Å². The molecule has 6 nitrogen and oxygen atoms in total. The second-order valence-corrected chi connectivity index (χ2v) is 7.31. The van der Waals surface area contributed by atoms with Gasteiger partial charge in [-0.25, -0.2) is 4.98 Å². The lowest BCUT2D eigenvalue weighted by Gasteiger charge is -2.49. The van der Waals surface area contributed by atoms with Crippen molar-refractivity contribution >= 4 is 16.8 Å². The van der Waals surface area contributed by atoms with Crippen LogP contribution in [0.5, 0.6) is 5.88 Å². The number of benzene rings is 1. The number of ether oxygens (including phenoxy) is 2. The van der Waals surface area contributed by atoms with E-state index in [0.717, 1.165) is 17.3 Å². The molecule has 0 bridgehead atoms. The predicted molar refractivity (Wildman–Crippen MR) is 101 cm³/mol. The van der Waals surface area contributed by atoms with E-state index >= 15 is 0 Å². The van der Waals surface area contributed by atoms with Crippen LogP contribution in [-0.4, -0.2) is 52.7 Å². The SMILES string of the molecule is O=C(c1cc2ccccc2[nH]1)N1CC2(C1)OCC[C@H]2COc1ccccn1. The fourth-order valence-electron chi connectivity index (χ4n) is 4.09. The summed E-state index contributed by atoms with van der Waals surface area (Å²) < 4.78 is 11.9. The Balaban J connectivity index is 1.24. The molecule has 2 aromatic heterocycles. The Morgan fingerprint density at radius 2 is 2.11 bits per heavy atom. The minimum atomic E-state index is -0.281. The van der Waals surface area contributed by atoms with Gasteiger partial charge in [0.05, 0.1) is 19.7 Å². The Morgan fingerprint density at radius 3 is 2.93 bits per heavy atom. The minimum absolute atomic E-state index is 0.0247. The molecule has 27 heavy (non-hydrogen) atoms. The number of aromatic amines is 1. The zero-order valence-electron chi connectivity index (χ0n) is 14.9. The number of para-hydroxylation sites is 1. The molecule has 2 aliphatic rings. The summed E-state index contributed by atoms with van der Waals surface area (Å²) in [5, 5.41) is 1.05. The smallest absolute Gasteiger partial charge is 0.270 e. The third kappa shape index (κ3) is 2.86. The van der Waals surface area contributed by atoms with Crippen molar-refractivity contribution in [2.24, 2.45) is 5.92 Å². The highest BCUT2D eigenvalue weighted by Gasteiger charge is 2.55. The third-order valence-electron chi connectivity index (χ3n) is 5.63. The van der Waals surface area contributed by atoms with Gasteiger partial charge in [-0.15, -0.1) is 0 Å². The van der Waals surface area contributed by atoms with E-state index in [1.165, 1.54) is 0 Å². The molecule has 0 aliphatic carbocycles. The molecule has 4 heterocycles. The van der Waals surface area contributed by atoms with Gasteiger partial charge in [-0.05, 0) is 24.6 Å². The van der Waals surface area contributed by atoms with Crippen molar-refractivity contribution in [3.8, 4) is 5.88 Å². The number of hydrogen-bond donors (Lipinski definition) is 1. The normalized spacial score (nSPS) is 20.7. The standard InChI is InChI=1S/C21H21N3O3/c25-20(18-11-15-5-1-2-6-17(15)23-18)24-13-21(14-24)16(8-10-27-21)12-26-19-7-3-4-9-22-19/h1-7,9,11,16,23H,8,10,12-14H2/t16-/m0/s1. The number of nitrogens with one attached hydrogen (secondary N) is 1. The average Bonchev–Trinajstić information content (AvgIpc) is 3.29. The molecule has 1 amide bonds. The maximum Gasteiger partial charge on any atom is 0.270 e. The van der Waals surface area contributed by atoms with Gasteiger partial charge in [-0.2, -0.15) is 0 Å². The van der Waals surface area contributed by atoms with Crippen LogP contribution in [-0.2, 0) is 4.74 Å². The van der Waals surface area contributed by atoms with Gasteiger partial charge < -0.3 is 19.4 Å². The van der Waals surface area contributed by atoms with Crippen LogP contribution >= 0.6 is 0 Å². The first-order valence-electron chi connectivity index (χ1n) is 9.28. The van der Waals surface area contributed by atoms with Gasteiger partial charge in [0.15, 0.2) is 0 Å². The topological polar surface area (TPSA) is 67.5 Å². The lowest BCUT2D eigenvalue weighted by Crippen LogP contribution is -2.66. The van der Waals surface area contributed by atoms with Gasteiger partial charge in [0.1, 0.15) is 11.3 Å². The summed E-state index contributed by atoms with van der Waals surface area (Å²) >= 11 is 0. The van der Waals surface area contributed by atoms with Crippen LogP contribution in [0.1, 0.15) is 16.9 Å². The van der Waals surface area contributed by atoms with E-state index in [9.17, 15) is 4.79 Å². The molecular formula is C21H21N3O3. The van der Waals surface area contributed by atoms with E-state index in [1.54, 1.807) is 6.20 Å². The first-order valence-corrected chi connectivity index (χ1v) is 9.28. The third-order valence-corrected chi connectivity index (χ3v) is 5.63. The van der Waals surface area contributed by atoms with Crippen LogP contribution in [0.2, 0.25) is 0 Å². The molecule has 1 aromatic carbocycles. The van der Waals surface area contributed by atoms with E-state index in [-0.39, 0.29) is 17.4 Å². The Hall–Kier alpha value is -2.86. The fourth-order valence-corrected chi connectivity index (χ4v) is 4.09. The van der Waals surface area contributed by atoms with Crippen LogP contribution in [0.15, 0.2) is 54.7 Å². The number of nitrogens with zero attached hydrogens (tertiary/aromatic N) is 2. The molecule has 0 unspecified atom stereocenters. The molecule has 1 N–H and O–H groups in total. The monoisotopic (exact) mass is 363 g/mol. The zero-order valence-corrected chi connectivity index (χ0v) is 14.9. The Bertz CT molecular complexity index is 930. The average molecular weight is 363 g/mol. The van der Waals surface area contributed by atoms with Crippen LogP contribution < -0.4 is 4.74 Å². The minimum Gasteiger partial charge on any atom is -0.477 e. The molecule has 2 saturated heterocycles. The number of carbonyl (C=O) groups is 1. The molecule has 0 saturated carbocycles. The molecule has 1 atom stereocenters. The van der Waals surface area contributed by atoms with Gasteiger partial charge >= 0.3 is 0 Å². The predicted octanol–water partition coefficient (Wildman–Crippen LogP) is 2.87. The Kier molecular flexibility index (Phi) is 3.86. The Labute approximate surface area is 157 Å². The van der Waals surface area contributed by atoms with Gasteiger partial charge in [0.25, 0.3) is 5.91 Å². The number of pyridine rings is 1. The lowest BCUT2D eigenvalue weighted by atomic mass is 9.81. The molecule has 2 aliphatic heterocycles. The number of rotatable bonds is 4. The van der Waals surface area contributed by atoms with E-state index in [2.05, 4.69) is 9.97 Å². The van der Waals surface area contributed by atoms with Crippen LogP contribution in [0.25, 0.3) is 10.9 Å². The van der Waals surface area contributed by atoms with E-state index in [0.29, 0.717) is 37.9 Å². The number of amides is 1. The van der Waals surface area contributed by atoms with Crippen molar-refractivity contribution < 1.29 is 14.3 Å². The second-order valence-electron chi connectivity index (χ2n) is 7.31. The molecule has 138 valence electrons. The van der Waals surface area contributed by atoms with Gasteiger partial charge in [-0.3, -0.25) is 4.79 Å². The lowest BCUT2D eigenvalue weighted by molar-refractivity contribution is -0.122. The molecule has 2 fully saturated rings. The number of aromatic nitrogens is 2. The summed E-state index contributed by atoms with van der Waals surface area (Å²) in [6.07, 6.45) is 2.67. The maximum absolute atomic E-state index is 12.8. The molecule has 5 rings (SSSR count). The van der Waals surface area contributed by atoms with Crippen molar-refractivity contribution in [3.63, 3.8) is 0 Å². The van der Waals surface area contributed by atoms with Crippen molar-refractivity contribution in [1.82, 2.24) is 14.9 Å². The highest BCUT2D eigenvalue weighted by atomic mass is 16.5. The van der Waals surface area contributed by atoms with Gasteiger partial charge in [0, 0.05) is 35.7 Å². The molecular weight excluding hydrogens is 342 g/mol. The van der Waals surface area contributed by atoms with Crippen molar-refractivity contribution in [2.45, 2.75) is 12.0 Å². The van der Waals surface area contributed by atoms with E-state index in [4.69, 9.17) is 9.47 Å². The van der Waals surface area contributed by atoms with Crippen LogP contribution in [0.3, 0.4) is 0 Å². The van der Waals surface area contributed by atoms with Gasteiger partial charge in [0.2, 0.25) is 5.88 Å². The number of H-pyrrole nitrogens is 1. The first kappa shape index (κ1) is 16.3. The molecule has 6 heteroatoms. The Morgan fingerprint density at radius 1 is 1.26 bits per heavy atom. The number of carbonyl (C=O) groups excluding carboxylic acids is 1. The van der Waals surface area contributed by atoms with E-state index < -0.39 is 0 Å². The fraction of sp³-hybridized carbons (Fsp3) is 0.333. The van der Waals surface area contributed by atoms with Crippen LogP contribution in [0.4, 0.5) is 0 Å². The highest BCUT2D eigenvalue weighted by molar-refractivity contribution is 5.98. The van der Waals surface area contributed by atoms with E-state index in [1.807, 2.05) is 53.4 Å². The first-order chi connectivity index (χ1) is 13.2. The number of likely N-dealkylation sites (tertiary alicyclic amines) is 1. The summed E-state index contributed by atoms with van der Waals surface area (Å²) in [5.41, 5.74) is 1.33. The summed E-state index contributed by atoms with van der Waals surface area (Å²) in [7, 11) is 0. The summed E-state index contributed by atoms with van der Waals surface area (Å²) in [4.78, 5) is 22.1. The second kappa shape index (κ2) is 6.39. The maximum atomic E-state index is 12.8.